The van der Waals surface area contributed by atoms with Crippen molar-refractivity contribution >= 4 is 35.1 Å². The Labute approximate surface area is 197 Å². The Hall–Kier alpha value is -3.94. The Morgan fingerprint density at radius 1 is 0.848 bits per heavy atom. The number of amides is 1. The van der Waals surface area contributed by atoms with E-state index >= 15 is 0 Å². The van der Waals surface area contributed by atoms with E-state index in [0.29, 0.717) is 22.5 Å². The molecule has 4 aromatic rings. The molecule has 13 nitrogen and oxygen atoms in total. The second-order valence-electron chi connectivity index (χ2n) is 5.65. The number of nitrogens with one attached hydrogen (secondary N) is 1. The molecule has 0 fully saturated rings. The molecule has 33 heavy (non-hydrogen) atoms. The van der Waals surface area contributed by atoms with Crippen LogP contribution in [0, 0.1) is 0 Å². The van der Waals surface area contributed by atoms with Crippen molar-refractivity contribution in [3.8, 4) is 11.6 Å². The highest BCUT2D eigenvalue weighted by molar-refractivity contribution is 6.29. The topological polar surface area (TPSA) is 180 Å². The minimum absolute atomic E-state index is 0.0493. The van der Waals surface area contributed by atoms with E-state index in [0.717, 1.165) is 0 Å². The molecule has 15 heteroatoms. The monoisotopic (exact) mass is 492 g/mol. The molecular formula is C18H18Cl2N10O3. The number of imidazole rings is 2. The van der Waals surface area contributed by atoms with Gasteiger partial charge in [-0.15, -0.1) is 20.4 Å². The summed E-state index contributed by atoms with van der Waals surface area (Å²) in [6.07, 6.45) is 5.75. The Balaban J connectivity index is 0.000000218. The average molecular weight is 493 g/mol. The molecule has 0 saturated carbocycles. The lowest BCUT2D eigenvalue weighted by Crippen LogP contribution is -2.18. The van der Waals surface area contributed by atoms with Gasteiger partial charge >= 0.3 is 5.97 Å². The van der Waals surface area contributed by atoms with Crippen molar-refractivity contribution in [1.82, 2.24) is 44.8 Å². The van der Waals surface area contributed by atoms with Crippen molar-refractivity contribution < 1.29 is 14.7 Å². The van der Waals surface area contributed by atoms with Crippen molar-refractivity contribution in [2.75, 3.05) is 14.1 Å². The first-order valence-electron chi connectivity index (χ1n) is 8.97. The summed E-state index contributed by atoms with van der Waals surface area (Å²) >= 11 is 11.2. The molecule has 0 unspecified atom stereocenters. The van der Waals surface area contributed by atoms with Crippen LogP contribution in [-0.4, -0.2) is 70.6 Å². The molecule has 0 bridgehead atoms. The van der Waals surface area contributed by atoms with Crippen molar-refractivity contribution in [3.63, 3.8) is 0 Å². The fraction of sp³-hybridized carbons (Fsp3) is 0.111. The minimum atomic E-state index is -1.09. The van der Waals surface area contributed by atoms with Crippen LogP contribution in [0.3, 0.4) is 0 Å². The third kappa shape index (κ3) is 7.03. The van der Waals surface area contributed by atoms with Crippen LogP contribution in [0.1, 0.15) is 21.0 Å². The van der Waals surface area contributed by atoms with Crippen LogP contribution in [-0.2, 0) is 0 Å². The zero-order valence-electron chi connectivity index (χ0n) is 17.3. The molecule has 1 amide bonds. The fourth-order valence-corrected chi connectivity index (χ4v) is 2.35. The lowest BCUT2D eigenvalue weighted by molar-refractivity contribution is 0.0690. The summed E-state index contributed by atoms with van der Waals surface area (Å²) in [5, 5.41) is 26.7. The summed E-state index contributed by atoms with van der Waals surface area (Å²) in [6, 6.07) is 6.47. The zero-order chi connectivity index (χ0) is 24.4. The second-order valence-corrected chi connectivity index (χ2v) is 6.42. The van der Waals surface area contributed by atoms with Crippen LogP contribution in [0.25, 0.3) is 11.6 Å². The third-order valence-corrected chi connectivity index (χ3v) is 4.01. The smallest absolute Gasteiger partial charge is 0.356 e. The van der Waals surface area contributed by atoms with Gasteiger partial charge in [-0.2, -0.15) is 0 Å². The van der Waals surface area contributed by atoms with Crippen LogP contribution in [0.5, 0.6) is 0 Å². The van der Waals surface area contributed by atoms with Gasteiger partial charge in [0.2, 0.25) is 0 Å². The normalized spacial score (nSPS) is 9.73. The number of aromatic nitrogens is 8. The number of aromatic carboxylic acids is 1. The number of nitrogens with two attached hydrogens (primary N) is 1. The molecule has 0 spiro atoms. The highest BCUT2D eigenvalue weighted by atomic mass is 35.5. The number of rotatable bonds is 4. The van der Waals surface area contributed by atoms with Gasteiger partial charge in [0.05, 0.1) is 0 Å². The Morgan fingerprint density at radius 2 is 1.30 bits per heavy atom. The van der Waals surface area contributed by atoms with Crippen molar-refractivity contribution in [3.05, 3.63) is 71.0 Å². The number of carboxylic acid groups (broad SMARTS) is 1. The average Bonchev–Trinajstić information content (AvgIpc) is 3.52. The summed E-state index contributed by atoms with van der Waals surface area (Å²) in [5.74, 6) is -0.331. The van der Waals surface area contributed by atoms with E-state index in [1.165, 1.54) is 30.5 Å². The van der Waals surface area contributed by atoms with Crippen molar-refractivity contribution in [1.29, 1.82) is 0 Å². The molecule has 172 valence electrons. The van der Waals surface area contributed by atoms with E-state index in [2.05, 4.69) is 41.4 Å². The lowest BCUT2D eigenvalue weighted by Gasteiger charge is -1.98. The lowest BCUT2D eigenvalue weighted by atomic mass is 10.4. The van der Waals surface area contributed by atoms with Gasteiger partial charge in [-0.05, 0) is 31.3 Å². The quantitative estimate of drug-likeness (QED) is 0.375. The van der Waals surface area contributed by atoms with Crippen molar-refractivity contribution in [2.45, 2.75) is 0 Å². The largest absolute Gasteiger partial charge is 0.476 e. The number of carbonyl (C=O) groups excluding carboxylic acids is 1. The Morgan fingerprint density at radius 3 is 1.67 bits per heavy atom. The second kappa shape index (κ2) is 12.2. The molecular weight excluding hydrogens is 475 g/mol. The third-order valence-electron chi connectivity index (χ3n) is 3.61. The van der Waals surface area contributed by atoms with Gasteiger partial charge in [0, 0.05) is 19.4 Å². The van der Waals surface area contributed by atoms with E-state index in [1.807, 2.05) is 0 Å². The van der Waals surface area contributed by atoms with Crippen molar-refractivity contribution in [2.24, 2.45) is 5.73 Å². The molecule has 0 aromatic carbocycles. The zero-order valence-corrected chi connectivity index (χ0v) is 18.8. The number of hydrogen-bond donors (Lipinski definition) is 3. The maximum Gasteiger partial charge on any atom is 0.356 e. The molecule has 0 radical (unpaired) electrons. The van der Waals surface area contributed by atoms with Crippen LogP contribution in [0.4, 0.5) is 0 Å². The first-order valence-corrected chi connectivity index (χ1v) is 9.73. The summed E-state index contributed by atoms with van der Waals surface area (Å²) < 4.78 is 3.04. The number of hydrogen-bond acceptors (Lipinski definition) is 9. The van der Waals surface area contributed by atoms with E-state index < -0.39 is 5.97 Å². The Bertz CT molecular complexity index is 1190. The maximum atomic E-state index is 11.3. The SMILES string of the molecule is CN.CNC(=O)c1cn(-c2ccc(Cl)nn2)cn1.O=C(O)c1cn(-c2ccc(Cl)nn2)cn1. The molecule has 4 heterocycles. The highest BCUT2D eigenvalue weighted by Gasteiger charge is 2.09. The molecule has 0 aliphatic rings. The van der Waals surface area contributed by atoms with Gasteiger partial charge in [0.25, 0.3) is 5.91 Å². The summed E-state index contributed by atoms with van der Waals surface area (Å²) in [5.41, 5.74) is 4.77. The standard InChI is InChI=1S/C9H8ClN5O.C8H5ClN4O2.CH5N/c1-11-9(16)6-4-15(5-12-6)8-3-2-7(10)13-14-8;9-6-1-2-7(12-11-6)13-3-5(8(14)15)10-4-13;1-2/h2-5H,1H3,(H,11,16);1-4H,(H,14,15);2H2,1H3. The van der Waals surface area contributed by atoms with Crippen LogP contribution < -0.4 is 11.1 Å². The van der Waals surface area contributed by atoms with Gasteiger partial charge in [0.15, 0.2) is 27.6 Å². The van der Waals surface area contributed by atoms with Crippen LogP contribution in [0.2, 0.25) is 10.3 Å². The van der Waals surface area contributed by atoms with Gasteiger partial charge in [-0.3, -0.25) is 13.9 Å². The molecule has 0 aliphatic carbocycles. The van der Waals surface area contributed by atoms with E-state index in [4.69, 9.17) is 28.3 Å². The van der Waals surface area contributed by atoms with E-state index in [-0.39, 0.29) is 16.8 Å². The van der Waals surface area contributed by atoms with Gasteiger partial charge in [-0.1, -0.05) is 23.2 Å². The Kier molecular flexibility index (Phi) is 9.35. The van der Waals surface area contributed by atoms with Gasteiger partial charge in [0.1, 0.15) is 18.3 Å². The van der Waals surface area contributed by atoms with Crippen LogP contribution >= 0.6 is 23.2 Å². The van der Waals surface area contributed by atoms with Gasteiger partial charge < -0.3 is 16.2 Å². The number of halogens is 2. The number of nitrogens with zero attached hydrogens (tertiary/aromatic N) is 8. The summed E-state index contributed by atoms with van der Waals surface area (Å²) in [7, 11) is 3.05. The predicted molar refractivity (Wildman–Crippen MR) is 119 cm³/mol. The number of carbonyl (C=O) groups is 2. The van der Waals surface area contributed by atoms with Gasteiger partial charge in [-0.25, -0.2) is 14.8 Å². The first kappa shape index (κ1) is 25.3. The molecule has 4 N–H and O–H groups in total. The summed E-state index contributed by atoms with van der Waals surface area (Å²) in [6.45, 7) is 0. The molecule has 0 aliphatic heterocycles. The number of carboxylic acids is 1. The van der Waals surface area contributed by atoms with E-state index in [1.54, 1.807) is 42.1 Å². The predicted octanol–water partition coefficient (Wildman–Crippen LogP) is 1.26. The highest BCUT2D eigenvalue weighted by Crippen LogP contribution is 2.09. The van der Waals surface area contributed by atoms with Crippen LogP contribution in [0.15, 0.2) is 49.3 Å². The maximum absolute atomic E-state index is 11.3. The van der Waals surface area contributed by atoms with E-state index in [9.17, 15) is 9.59 Å². The fourth-order valence-electron chi connectivity index (χ4n) is 2.15. The molecule has 4 aromatic heterocycles. The molecule has 0 saturated heterocycles. The summed E-state index contributed by atoms with van der Waals surface area (Å²) in [4.78, 5) is 29.4. The minimum Gasteiger partial charge on any atom is -0.476 e. The first-order chi connectivity index (χ1) is 15.9. The molecule has 4 rings (SSSR count). The molecule has 0 atom stereocenters.